The van der Waals surface area contributed by atoms with Crippen molar-refractivity contribution in [2.75, 3.05) is 0 Å². The van der Waals surface area contributed by atoms with Crippen molar-refractivity contribution in [3.8, 4) is 11.5 Å². The molecular weight excluding hydrogens is 277 g/mol. The van der Waals surface area contributed by atoms with E-state index in [4.69, 9.17) is 10.2 Å². The summed E-state index contributed by atoms with van der Waals surface area (Å²) in [6.07, 6.45) is 0. The molecule has 2 N–H and O–H groups in total. The molecule has 0 saturated carbocycles. The second kappa shape index (κ2) is 4.31. The molecule has 0 aliphatic rings. The summed E-state index contributed by atoms with van der Waals surface area (Å²) in [5.74, 6) is 0.346. The van der Waals surface area contributed by atoms with Crippen LogP contribution in [0.2, 0.25) is 0 Å². The largest absolute Gasteiger partial charge is 0.419 e. The van der Waals surface area contributed by atoms with Crippen LogP contribution < -0.4 is 5.73 Å². The lowest BCUT2D eigenvalue weighted by atomic mass is 10.2. The molecule has 16 heavy (non-hydrogen) atoms. The number of nitrogens with two attached hydrogens (primary N) is 1. The van der Waals surface area contributed by atoms with Gasteiger partial charge in [0.15, 0.2) is 0 Å². The third-order valence-corrected chi connectivity index (χ3v) is 2.60. The van der Waals surface area contributed by atoms with Crippen molar-refractivity contribution in [2.24, 2.45) is 5.73 Å². The van der Waals surface area contributed by atoms with Crippen LogP contribution in [0.1, 0.15) is 18.9 Å². The summed E-state index contributed by atoms with van der Waals surface area (Å²) < 4.78 is 18.7. The molecule has 0 bridgehead atoms. The molecule has 1 heterocycles. The second-order valence-electron chi connectivity index (χ2n) is 3.36. The Balaban J connectivity index is 2.39. The Labute approximate surface area is 99.8 Å². The Hall–Kier alpha value is -1.27. The van der Waals surface area contributed by atoms with E-state index >= 15 is 0 Å². The van der Waals surface area contributed by atoms with Crippen molar-refractivity contribution >= 4 is 15.9 Å². The van der Waals surface area contributed by atoms with Crippen LogP contribution in [-0.2, 0) is 0 Å². The zero-order valence-electron chi connectivity index (χ0n) is 8.45. The van der Waals surface area contributed by atoms with Gasteiger partial charge in [0.05, 0.1) is 10.5 Å². The van der Waals surface area contributed by atoms with Gasteiger partial charge in [-0.15, -0.1) is 10.2 Å². The molecule has 0 fully saturated rings. The first kappa shape index (κ1) is 11.2. The van der Waals surface area contributed by atoms with Gasteiger partial charge in [0.1, 0.15) is 5.82 Å². The standard InChI is InChI=1S/C10H9BrFN3O/c1-5(13)9-14-15-10(16-9)6-2-3-8(12)7(11)4-6/h2-5H,13H2,1H3. The van der Waals surface area contributed by atoms with Crippen LogP contribution in [0.15, 0.2) is 27.1 Å². The normalized spacial score (nSPS) is 12.8. The average Bonchev–Trinajstić information content (AvgIpc) is 2.71. The van der Waals surface area contributed by atoms with Crippen LogP contribution in [0.25, 0.3) is 11.5 Å². The molecule has 6 heteroatoms. The molecule has 0 aliphatic heterocycles. The summed E-state index contributed by atoms with van der Waals surface area (Å²) in [6.45, 7) is 1.75. The second-order valence-corrected chi connectivity index (χ2v) is 4.22. The number of hydrogen-bond donors (Lipinski definition) is 1. The molecule has 1 atom stereocenters. The minimum atomic E-state index is -0.337. The van der Waals surface area contributed by atoms with E-state index in [2.05, 4.69) is 26.1 Å². The predicted molar refractivity (Wildman–Crippen MR) is 60.0 cm³/mol. The van der Waals surface area contributed by atoms with Gasteiger partial charge in [-0.25, -0.2) is 4.39 Å². The molecule has 4 nitrogen and oxygen atoms in total. The first-order valence-electron chi connectivity index (χ1n) is 4.62. The van der Waals surface area contributed by atoms with Gasteiger partial charge in [0.2, 0.25) is 11.8 Å². The summed E-state index contributed by atoms with van der Waals surface area (Å²) in [5, 5.41) is 7.63. The molecule has 0 radical (unpaired) electrons. The molecule has 2 aromatic rings. The highest BCUT2D eigenvalue weighted by atomic mass is 79.9. The fourth-order valence-corrected chi connectivity index (χ4v) is 1.54. The van der Waals surface area contributed by atoms with Crippen molar-refractivity contribution in [2.45, 2.75) is 13.0 Å². The lowest BCUT2D eigenvalue weighted by Crippen LogP contribution is -2.04. The number of nitrogens with zero attached hydrogens (tertiary/aromatic N) is 2. The summed E-state index contributed by atoms with van der Waals surface area (Å²) >= 11 is 3.09. The molecule has 1 aromatic carbocycles. The third-order valence-electron chi connectivity index (χ3n) is 2.00. The van der Waals surface area contributed by atoms with Gasteiger partial charge < -0.3 is 10.2 Å². The molecular formula is C10H9BrFN3O. The first-order chi connectivity index (χ1) is 7.58. The summed E-state index contributed by atoms with van der Waals surface area (Å²) in [4.78, 5) is 0. The Morgan fingerprint density at radius 3 is 2.75 bits per heavy atom. The van der Waals surface area contributed by atoms with Crippen LogP contribution in [0.4, 0.5) is 4.39 Å². The number of hydrogen-bond acceptors (Lipinski definition) is 4. The van der Waals surface area contributed by atoms with Crippen LogP contribution in [0, 0.1) is 5.82 Å². The predicted octanol–water partition coefficient (Wildman–Crippen LogP) is 2.66. The van der Waals surface area contributed by atoms with E-state index in [0.29, 0.717) is 21.8 Å². The minimum absolute atomic E-state index is 0.315. The number of rotatable bonds is 2. The van der Waals surface area contributed by atoms with Crippen molar-refractivity contribution in [3.63, 3.8) is 0 Å². The van der Waals surface area contributed by atoms with Crippen molar-refractivity contribution in [3.05, 3.63) is 34.4 Å². The summed E-state index contributed by atoms with van der Waals surface area (Å²) in [5.41, 5.74) is 6.24. The maximum Gasteiger partial charge on any atom is 0.247 e. The molecule has 0 amide bonds. The van der Waals surface area contributed by atoms with E-state index in [9.17, 15) is 4.39 Å². The Bertz CT molecular complexity index is 513. The van der Waals surface area contributed by atoms with E-state index in [1.54, 1.807) is 19.1 Å². The zero-order valence-corrected chi connectivity index (χ0v) is 10.0. The Morgan fingerprint density at radius 1 is 1.44 bits per heavy atom. The zero-order chi connectivity index (χ0) is 11.7. The number of benzene rings is 1. The number of halogens is 2. The van der Waals surface area contributed by atoms with E-state index in [1.807, 2.05) is 0 Å². The molecule has 1 unspecified atom stereocenters. The maximum atomic E-state index is 13.0. The molecule has 84 valence electrons. The van der Waals surface area contributed by atoms with Crippen molar-refractivity contribution < 1.29 is 8.81 Å². The summed E-state index contributed by atoms with van der Waals surface area (Å²) in [7, 11) is 0. The van der Waals surface area contributed by atoms with Gasteiger partial charge >= 0.3 is 0 Å². The van der Waals surface area contributed by atoms with Gasteiger partial charge in [-0.3, -0.25) is 0 Å². The SMILES string of the molecule is CC(N)c1nnc(-c2ccc(F)c(Br)c2)o1. The van der Waals surface area contributed by atoms with Gasteiger partial charge in [-0.1, -0.05) is 0 Å². The van der Waals surface area contributed by atoms with E-state index in [-0.39, 0.29) is 11.9 Å². The lowest BCUT2D eigenvalue weighted by molar-refractivity contribution is 0.473. The van der Waals surface area contributed by atoms with Gasteiger partial charge in [0.25, 0.3) is 0 Å². The van der Waals surface area contributed by atoms with Crippen LogP contribution in [0.3, 0.4) is 0 Å². The topological polar surface area (TPSA) is 64.9 Å². The highest BCUT2D eigenvalue weighted by Gasteiger charge is 2.12. The van der Waals surface area contributed by atoms with E-state index in [1.165, 1.54) is 6.07 Å². The quantitative estimate of drug-likeness (QED) is 0.921. The fraction of sp³-hybridized carbons (Fsp3) is 0.200. The molecule has 2 rings (SSSR count). The molecule has 0 aliphatic carbocycles. The van der Waals surface area contributed by atoms with Crippen LogP contribution >= 0.6 is 15.9 Å². The molecule has 1 aromatic heterocycles. The van der Waals surface area contributed by atoms with E-state index < -0.39 is 0 Å². The maximum absolute atomic E-state index is 13.0. The first-order valence-corrected chi connectivity index (χ1v) is 5.41. The van der Waals surface area contributed by atoms with Crippen LogP contribution in [-0.4, -0.2) is 10.2 Å². The minimum Gasteiger partial charge on any atom is -0.419 e. The van der Waals surface area contributed by atoms with Gasteiger partial charge in [-0.2, -0.15) is 0 Å². The summed E-state index contributed by atoms with van der Waals surface area (Å²) in [6, 6.07) is 4.16. The van der Waals surface area contributed by atoms with Crippen molar-refractivity contribution in [1.29, 1.82) is 0 Å². The average molecular weight is 286 g/mol. The highest BCUT2D eigenvalue weighted by Crippen LogP contribution is 2.24. The third kappa shape index (κ3) is 2.12. The lowest BCUT2D eigenvalue weighted by Gasteiger charge is -1.98. The van der Waals surface area contributed by atoms with E-state index in [0.717, 1.165) is 0 Å². The smallest absolute Gasteiger partial charge is 0.247 e. The van der Waals surface area contributed by atoms with Crippen LogP contribution in [0.5, 0.6) is 0 Å². The van der Waals surface area contributed by atoms with Gasteiger partial charge in [0, 0.05) is 5.56 Å². The highest BCUT2D eigenvalue weighted by molar-refractivity contribution is 9.10. The Morgan fingerprint density at radius 2 is 2.19 bits per heavy atom. The van der Waals surface area contributed by atoms with Gasteiger partial charge in [-0.05, 0) is 41.1 Å². The van der Waals surface area contributed by atoms with Crippen molar-refractivity contribution in [1.82, 2.24) is 10.2 Å². The monoisotopic (exact) mass is 285 g/mol. The Kier molecular flexibility index (Phi) is 3.02. The number of aromatic nitrogens is 2. The molecule has 0 spiro atoms. The molecule has 0 saturated heterocycles. The fourth-order valence-electron chi connectivity index (χ4n) is 1.16.